The lowest BCUT2D eigenvalue weighted by Crippen LogP contribution is -2.45. The van der Waals surface area contributed by atoms with Crippen LogP contribution in [0, 0.1) is 13.8 Å². The lowest BCUT2D eigenvalue weighted by molar-refractivity contribution is -0.118. The molecule has 25 heavy (non-hydrogen) atoms. The molecule has 6 nitrogen and oxygen atoms in total. The van der Waals surface area contributed by atoms with Gasteiger partial charge in [0.2, 0.25) is 5.91 Å². The molecule has 2 amide bonds. The van der Waals surface area contributed by atoms with E-state index in [1.807, 2.05) is 32.0 Å². The maximum atomic E-state index is 12.7. The van der Waals surface area contributed by atoms with Gasteiger partial charge >= 0.3 is 0 Å². The van der Waals surface area contributed by atoms with Crippen molar-refractivity contribution in [3.05, 3.63) is 59.2 Å². The number of fused-ring (bicyclic) bond motifs is 1. The fraction of sp³-hybridized carbons (Fsp3) is 0.222. The Balaban J connectivity index is 1.93. The van der Waals surface area contributed by atoms with Crippen molar-refractivity contribution < 1.29 is 18.0 Å². The van der Waals surface area contributed by atoms with Gasteiger partial charge in [0.05, 0.1) is 5.56 Å². The van der Waals surface area contributed by atoms with Crippen LogP contribution >= 0.6 is 0 Å². The van der Waals surface area contributed by atoms with E-state index in [4.69, 9.17) is 0 Å². The summed E-state index contributed by atoms with van der Waals surface area (Å²) in [5.74, 6) is -1.23. The fourth-order valence-electron chi connectivity index (χ4n) is 2.93. The first kappa shape index (κ1) is 17.2. The number of para-hydroxylation sites is 1. The highest BCUT2D eigenvalue weighted by molar-refractivity contribution is 7.90. The van der Waals surface area contributed by atoms with Gasteiger partial charge in [-0.1, -0.05) is 30.3 Å². The molecule has 0 bridgehead atoms. The molecule has 0 saturated carbocycles. The first-order valence-electron chi connectivity index (χ1n) is 7.80. The summed E-state index contributed by atoms with van der Waals surface area (Å²) in [5, 5.41) is 2.74. The number of hydrogen-bond donors (Lipinski definition) is 1. The van der Waals surface area contributed by atoms with E-state index in [1.54, 1.807) is 12.1 Å². The molecule has 2 aromatic carbocycles. The minimum Gasteiger partial charge on any atom is -0.324 e. The molecule has 1 aliphatic rings. The third kappa shape index (κ3) is 2.70. The largest absolute Gasteiger partial charge is 0.324 e. The third-order valence-corrected chi connectivity index (χ3v) is 6.23. The number of sulfonamides is 1. The molecule has 1 aliphatic heterocycles. The third-order valence-electron chi connectivity index (χ3n) is 4.32. The van der Waals surface area contributed by atoms with E-state index in [-0.39, 0.29) is 10.5 Å². The van der Waals surface area contributed by atoms with Crippen LogP contribution in [0.25, 0.3) is 0 Å². The number of nitrogens with one attached hydrogen (secondary N) is 1. The molecule has 1 heterocycles. The van der Waals surface area contributed by atoms with Gasteiger partial charge in [-0.3, -0.25) is 9.59 Å². The summed E-state index contributed by atoms with van der Waals surface area (Å²) in [6, 6.07) is 10.4. The summed E-state index contributed by atoms with van der Waals surface area (Å²) in [4.78, 5) is 25.1. The highest BCUT2D eigenvalue weighted by atomic mass is 32.2. The van der Waals surface area contributed by atoms with Gasteiger partial charge in [0.25, 0.3) is 15.9 Å². The SMILES string of the molecule is Cc1cccc(C)c1NC(=O)C(C)N1C(=O)c2ccccc2S1(=O)=O. The average molecular weight is 358 g/mol. The molecular weight excluding hydrogens is 340 g/mol. The maximum Gasteiger partial charge on any atom is 0.269 e. The Bertz CT molecular complexity index is 962. The van der Waals surface area contributed by atoms with Crippen LogP contribution in [0.5, 0.6) is 0 Å². The summed E-state index contributed by atoms with van der Waals surface area (Å²) in [6.45, 7) is 5.10. The van der Waals surface area contributed by atoms with E-state index < -0.39 is 27.9 Å². The summed E-state index contributed by atoms with van der Waals surface area (Å²) < 4.78 is 26.0. The first-order valence-corrected chi connectivity index (χ1v) is 9.24. The van der Waals surface area contributed by atoms with Gasteiger partial charge in [-0.2, -0.15) is 0 Å². The lowest BCUT2D eigenvalue weighted by atomic mass is 10.1. The standard InChI is InChI=1S/C18H18N2O4S/c1-11-7-6-8-12(2)16(11)19-17(21)13(3)20-18(22)14-9-4-5-10-15(14)25(20,23)24/h4-10,13H,1-3H3,(H,19,21). The van der Waals surface area contributed by atoms with Crippen LogP contribution < -0.4 is 5.32 Å². The van der Waals surface area contributed by atoms with Gasteiger partial charge in [-0.25, -0.2) is 12.7 Å². The fourth-order valence-corrected chi connectivity index (χ4v) is 4.66. The number of amides is 2. The molecule has 0 fully saturated rings. The molecule has 130 valence electrons. The Morgan fingerprint density at radius 1 is 1.04 bits per heavy atom. The van der Waals surface area contributed by atoms with Gasteiger partial charge in [0.15, 0.2) is 0 Å². The molecule has 1 atom stereocenters. The van der Waals surface area contributed by atoms with Crippen molar-refractivity contribution in [3.8, 4) is 0 Å². The molecule has 1 N–H and O–H groups in total. The van der Waals surface area contributed by atoms with Gasteiger partial charge in [0, 0.05) is 5.69 Å². The second-order valence-corrected chi connectivity index (χ2v) is 7.82. The molecule has 0 aromatic heterocycles. The quantitative estimate of drug-likeness (QED) is 0.914. The zero-order chi connectivity index (χ0) is 18.4. The Hall–Kier alpha value is -2.67. The van der Waals surface area contributed by atoms with Crippen LogP contribution in [0.1, 0.15) is 28.4 Å². The van der Waals surface area contributed by atoms with Crippen LogP contribution in [0.3, 0.4) is 0 Å². The zero-order valence-corrected chi connectivity index (χ0v) is 14.9. The molecular formula is C18H18N2O4S. The van der Waals surface area contributed by atoms with Crippen LogP contribution in [-0.4, -0.2) is 30.6 Å². The number of anilines is 1. The summed E-state index contributed by atoms with van der Waals surface area (Å²) in [5.41, 5.74) is 2.44. The van der Waals surface area contributed by atoms with E-state index >= 15 is 0 Å². The molecule has 2 aromatic rings. The topological polar surface area (TPSA) is 83.6 Å². The van der Waals surface area contributed by atoms with E-state index in [9.17, 15) is 18.0 Å². The van der Waals surface area contributed by atoms with Gasteiger partial charge in [0.1, 0.15) is 10.9 Å². The van der Waals surface area contributed by atoms with Crippen LogP contribution in [-0.2, 0) is 14.8 Å². The van der Waals surface area contributed by atoms with Crippen LogP contribution in [0.4, 0.5) is 5.69 Å². The van der Waals surface area contributed by atoms with Crippen LogP contribution in [0.2, 0.25) is 0 Å². The monoisotopic (exact) mass is 358 g/mol. The Labute approximate surface area is 146 Å². The van der Waals surface area contributed by atoms with E-state index in [0.717, 1.165) is 11.1 Å². The lowest BCUT2D eigenvalue weighted by Gasteiger charge is -2.23. The Kier molecular flexibility index (Phi) is 4.12. The Morgan fingerprint density at radius 3 is 2.24 bits per heavy atom. The van der Waals surface area contributed by atoms with Crippen molar-refractivity contribution in [1.29, 1.82) is 0 Å². The normalized spacial score (nSPS) is 16.4. The molecule has 1 unspecified atom stereocenters. The highest BCUT2D eigenvalue weighted by Gasteiger charge is 2.45. The number of rotatable bonds is 3. The number of carbonyl (C=O) groups is 2. The highest BCUT2D eigenvalue weighted by Crippen LogP contribution is 2.32. The van der Waals surface area contributed by atoms with Gasteiger partial charge < -0.3 is 5.32 Å². The average Bonchev–Trinajstić information content (AvgIpc) is 2.77. The molecule has 7 heteroatoms. The molecule has 3 rings (SSSR count). The molecule has 0 radical (unpaired) electrons. The van der Waals surface area contributed by atoms with E-state index in [1.165, 1.54) is 19.1 Å². The van der Waals surface area contributed by atoms with Crippen molar-refractivity contribution in [2.45, 2.75) is 31.7 Å². The van der Waals surface area contributed by atoms with Crippen molar-refractivity contribution in [1.82, 2.24) is 4.31 Å². The van der Waals surface area contributed by atoms with E-state index in [0.29, 0.717) is 9.99 Å². The van der Waals surface area contributed by atoms with Gasteiger partial charge in [-0.15, -0.1) is 0 Å². The summed E-state index contributed by atoms with van der Waals surface area (Å²) in [6.07, 6.45) is 0. The first-order chi connectivity index (χ1) is 11.7. The van der Waals surface area contributed by atoms with Crippen molar-refractivity contribution in [2.75, 3.05) is 5.32 Å². The Morgan fingerprint density at radius 2 is 1.64 bits per heavy atom. The number of nitrogens with zero attached hydrogens (tertiary/aromatic N) is 1. The molecule has 0 spiro atoms. The number of carbonyl (C=O) groups excluding carboxylic acids is 2. The summed E-state index contributed by atoms with van der Waals surface area (Å²) >= 11 is 0. The molecule has 0 saturated heterocycles. The van der Waals surface area contributed by atoms with E-state index in [2.05, 4.69) is 5.32 Å². The zero-order valence-electron chi connectivity index (χ0n) is 14.1. The molecule has 0 aliphatic carbocycles. The van der Waals surface area contributed by atoms with Gasteiger partial charge in [-0.05, 0) is 44.0 Å². The smallest absolute Gasteiger partial charge is 0.269 e. The van der Waals surface area contributed by atoms with Crippen molar-refractivity contribution >= 4 is 27.5 Å². The number of aryl methyl sites for hydroxylation is 2. The minimum atomic E-state index is -4.03. The predicted octanol–water partition coefficient (Wildman–Crippen LogP) is 2.48. The van der Waals surface area contributed by atoms with Crippen LogP contribution in [0.15, 0.2) is 47.4 Å². The second kappa shape index (κ2) is 6.00. The van der Waals surface area contributed by atoms with Crippen molar-refractivity contribution in [2.24, 2.45) is 0 Å². The minimum absolute atomic E-state index is 0.0632. The van der Waals surface area contributed by atoms with Crippen molar-refractivity contribution in [3.63, 3.8) is 0 Å². The second-order valence-electron chi connectivity index (χ2n) is 6.03. The summed E-state index contributed by atoms with van der Waals surface area (Å²) in [7, 11) is -4.03. The predicted molar refractivity (Wildman–Crippen MR) is 93.8 cm³/mol. The maximum absolute atomic E-state index is 12.7. The number of benzene rings is 2. The number of hydrogen-bond acceptors (Lipinski definition) is 4.